The van der Waals surface area contributed by atoms with Crippen molar-refractivity contribution < 1.29 is 13.3 Å². The van der Waals surface area contributed by atoms with Crippen molar-refractivity contribution in [3.63, 3.8) is 0 Å². The number of nitro benzene ring substituents is 1. The Bertz CT molecular complexity index is 981. The monoisotopic (exact) mass is 428 g/mol. The molecule has 2 aromatic carbocycles. The van der Waals surface area contributed by atoms with Gasteiger partial charge in [0.1, 0.15) is 0 Å². The first kappa shape index (κ1) is 15.0. The lowest BCUT2D eigenvalue weighted by molar-refractivity contribution is -0.384. The molecule has 1 heterocycles. The van der Waals surface area contributed by atoms with Crippen LogP contribution in [0.1, 0.15) is 0 Å². The Morgan fingerprint density at radius 3 is 2.41 bits per heavy atom. The lowest BCUT2D eigenvalue weighted by atomic mass is 10.2. The fourth-order valence-electron chi connectivity index (χ4n) is 2.16. The van der Waals surface area contributed by atoms with E-state index in [1.54, 1.807) is 24.3 Å². The first-order chi connectivity index (χ1) is 10.4. The molecule has 6 nitrogen and oxygen atoms in total. The molecule has 0 atom stereocenters. The van der Waals surface area contributed by atoms with E-state index in [2.05, 4.69) is 0 Å². The maximum Gasteiger partial charge on any atom is 0.271 e. The first-order valence-corrected chi connectivity index (χ1v) is 8.69. The minimum absolute atomic E-state index is 0.134. The summed E-state index contributed by atoms with van der Waals surface area (Å²) < 4.78 is 27.3. The Balaban J connectivity index is 2.31. The standard InChI is InChI=1S/C14H9IN2O4S/c15-13-9-16(22(20,21)11-4-2-1-3-5-11)14-8-10(17(18)19)6-7-12(13)14/h1-9H. The number of hydrogen-bond donors (Lipinski definition) is 0. The van der Waals surface area contributed by atoms with Crippen LogP contribution in [0.15, 0.2) is 59.6 Å². The van der Waals surface area contributed by atoms with Gasteiger partial charge >= 0.3 is 0 Å². The van der Waals surface area contributed by atoms with Gasteiger partial charge in [0.2, 0.25) is 0 Å². The number of benzene rings is 2. The van der Waals surface area contributed by atoms with Gasteiger partial charge in [-0.2, -0.15) is 0 Å². The van der Waals surface area contributed by atoms with Crippen molar-refractivity contribution in [3.8, 4) is 0 Å². The third-order valence-corrected chi connectivity index (χ3v) is 5.77. The largest absolute Gasteiger partial charge is 0.271 e. The lowest BCUT2D eigenvalue weighted by Crippen LogP contribution is -2.11. The molecule has 3 rings (SSSR count). The van der Waals surface area contributed by atoms with Crippen LogP contribution >= 0.6 is 22.6 Å². The van der Waals surface area contributed by atoms with Crippen LogP contribution in [-0.4, -0.2) is 17.3 Å². The first-order valence-electron chi connectivity index (χ1n) is 6.17. The minimum Gasteiger partial charge on any atom is -0.258 e. The lowest BCUT2D eigenvalue weighted by Gasteiger charge is -2.07. The third-order valence-electron chi connectivity index (χ3n) is 3.22. The van der Waals surface area contributed by atoms with Crippen molar-refractivity contribution in [2.45, 2.75) is 4.90 Å². The van der Waals surface area contributed by atoms with Crippen molar-refractivity contribution in [2.24, 2.45) is 0 Å². The zero-order chi connectivity index (χ0) is 15.9. The molecular weight excluding hydrogens is 419 g/mol. The Kier molecular flexibility index (Phi) is 3.65. The van der Waals surface area contributed by atoms with Crippen molar-refractivity contribution in [2.75, 3.05) is 0 Å². The Morgan fingerprint density at radius 2 is 1.77 bits per heavy atom. The number of aromatic nitrogens is 1. The van der Waals surface area contributed by atoms with Gasteiger partial charge in [0.15, 0.2) is 0 Å². The topological polar surface area (TPSA) is 82.2 Å². The Morgan fingerprint density at radius 1 is 1.09 bits per heavy atom. The SMILES string of the molecule is O=[N+]([O-])c1ccc2c(I)cn(S(=O)(=O)c3ccccc3)c2c1. The van der Waals surface area contributed by atoms with Gasteiger partial charge in [-0.05, 0) is 40.8 Å². The summed E-state index contributed by atoms with van der Waals surface area (Å²) in [6.07, 6.45) is 1.47. The van der Waals surface area contributed by atoms with Crippen LogP contribution in [0.3, 0.4) is 0 Å². The molecule has 8 heteroatoms. The van der Waals surface area contributed by atoms with Crippen molar-refractivity contribution in [3.05, 3.63) is 68.4 Å². The van der Waals surface area contributed by atoms with E-state index in [0.29, 0.717) is 14.5 Å². The van der Waals surface area contributed by atoms with Crippen LogP contribution < -0.4 is 0 Å². The van der Waals surface area contributed by atoms with Gasteiger partial charge in [-0.3, -0.25) is 10.1 Å². The molecule has 112 valence electrons. The third kappa shape index (κ3) is 2.37. The van der Waals surface area contributed by atoms with Crippen LogP contribution in [0.25, 0.3) is 10.9 Å². The molecule has 0 fully saturated rings. The molecule has 22 heavy (non-hydrogen) atoms. The molecule has 0 radical (unpaired) electrons. The molecule has 0 bridgehead atoms. The highest BCUT2D eigenvalue weighted by molar-refractivity contribution is 14.1. The van der Waals surface area contributed by atoms with Gasteiger partial charge in [-0.15, -0.1) is 0 Å². The highest BCUT2D eigenvalue weighted by Gasteiger charge is 2.22. The van der Waals surface area contributed by atoms with E-state index in [1.807, 2.05) is 22.6 Å². The molecule has 0 saturated carbocycles. The second kappa shape index (κ2) is 5.36. The predicted molar refractivity (Wildman–Crippen MR) is 90.3 cm³/mol. The molecule has 0 N–H and O–H groups in total. The molecule has 0 saturated heterocycles. The van der Waals surface area contributed by atoms with Crippen molar-refractivity contribution in [1.29, 1.82) is 0 Å². The van der Waals surface area contributed by atoms with E-state index in [4.69, 9.17) is 0 Å². The molecule has 0 aliphatic heterocycles. The summed E-state index contributed by atoms with van der Waals surface area (Å²) in [4.78, 5) is 10.5. The van der Waals surface area contributed by atoms with E-state index in [9.17, 15) is 18.5 Å². The number of nitrogens with zero attached hydrogens (tertiary/aromatic N) is 2. The fourth-order valence-corrected chi connectivity index (χ4v) is 4.47. The highest BCUT2D eigenvalue weighted by Crippen LogP contribution is 2.29. The molecule has 1 aromatic heterocycles. The van der Waals surface area contributed by atoms with Gasteiger partial charge in [-0.1, -0.05) is 18.2 Å². The summed E-state index contributed by atoms with van der Waals surface area (Å²) in [5, 5.41) is 11.6. The normalized spacial score (nSPS) is 11.7. The summed E-state index contributed by atoms with van der Waals surface area (Å²) in [6.45, 7) is 0. The van der Waals surface area contributed by atoms with E-state index in [0.717, 1.165) is 3.97 Å². The highest BCUT2D eigenvalue weighted by atomic mass is 127. The van der Waals surface area contributed by atoms with Crippen LogP contribution in [0, 0.1) is 13.7 Å². The zero-order valence-corrected chi connectivity index (χ0v) is 14.0. The van der Waals surface area contributed by atoms with Gasteiger partial charge in [-0.25, -0.2) is 12.4 Å². The summed E-state index contributed by atoms with van der Waals surface area (Å²) in [7, 11) is -3.80. The number of nitro groups is 1. The van der Waals surface area contributed by atoms with E-state index in [1.165, 1.54) is 30.5 Å². The zero-order valence-electron chi connectivity index (χ0n) is 11.0. The molecular formula is C14H9IN2O4S. The van der Waals surface area contributed by atoms with Crippen LogP contribution in [0.4, 0.5) is 5.69 Å². The quantitative estimate of drug-likeness (QED) is 0.364. The van der Waals surface area contributed by atoms with Gasteiger partial charge in [0.05, 0.1) is 15.3 Å². The number of non-ortho nitro benzene ring substituents is 1. The average Bonchev–Trinajstić information content (AvgIpc) is 2.85. The van der Waals surface area contributed by atoms with E-state index < -0.39 is 14.9 Å². The number of hydrogen-bond acceptors (Lipinski definition) is 4. The van der Waals surface area contributed by atoms with Crippen molar-refractivity contribution in [1.82, 2.24) is 3.97 Å². The maximum atomic E-state index is 12.7. The molecule has 0 aliphatic carbocycles. The second-order valence-electron chi connectivity index (χ2n) is 4.55. The summed E-state index contributed by atoms with van der Waals surface area (Å²) in [5.41, 5.74) is 0.147. The van der Waals surface area contributed by atoms with Gasteiger partial charge < -0.3 is 0 Å². The number of fused-ring (bicyclic) bond motifs is 1. The van der Waals surface area contributed by atoms with Gasteiger partial charge in [0, 0.05) is 27.3 Å². The van der Waals surface area contributed by atoms with E-state index in [-0.39, 0.29) is 10.6 Å². The maximum absolute atomic E-state index is 12.7. The molecule has 0 aliphatic rings. The summed E-state index contributed by atoms with van der Waals surface area (Å²) in [5.74, 6) is 0. The van der Waals surface area contributed by atoms with Crippen molar-refractivity contribution >= 4 is 49.2 Å². The Hall–Kier alpha value is -1.94. The summed E-state index contributed by atoms with van der Waals surface area (Å²) in [6, 6.07) is 12.2. The van der Waals surface area contributed by atoms with Gasteiger partial charge in [0.25, 0.3) is 15.7 Å². The predicted octanol–water partition coefficient (Wildman–Crippen LogP) is 3.39. The molecule has 3 aromatic rings. The molecule has 0 spiro atoms. The number of halogens is 1. The number of rotatable bonds is 3. The summed E-state index contributed by atoms with van der Waals surface area (Å²) >= 11 is 2.01. The minimum atomic E-state index is -3.80. The van der Waals surface area contributed by atoms with Crippen LogP contribution in [0.5, 0.6) is 0 Å². The van der Waals surface area contributed by atoms with Crippen LogP contribution in [-0.2, 0) is 10.0 Å². The smallest absolute Gasteiger partial charge is 0.258 e. The van der Waals surface area contributed by atoms with Crippen LogP contribution in [0.2, 0.25) is 0 Å². The van der Waals surface area contributed by atoms with E-state index >= 15 is 0 Å². The average molecular weight is 428 g/mol. The molecule has 0 unspecified atom stereocenters. The molecule has 0 amide bonds. The Labute approximate surface area is 139 Å². The fraction of sp³-hybridized carbons (Fsp3) is 0. The second-order valence-corrected chi connectivity index (χ2v) is 7.53.